The molecule has 0 bridgehead atoms. The minimum Gasteiger partial charge on any atom is -0.380 e. The van der Waals surface area contributed by atoms with Gasteiger partial charge in [0.15, 0.2) is 0 Å². The van der Waals surface area contributed by atoms with Crippen LogP contribution in [0.2, 0.25) is 0 Å². The summed E-state index contributed by atoms with van der Waals surface area (Å²) < 4.78 is 11.9. The van der Waals surface area contributed by atoms with Crippen LogP contribution < -0.4 is 5.32 Å². The summed E-state index contributed by atoms with van der Waals surface area (Å²) >= 11 is 2.05. The van der Waals surface area contributed by atoms with Crippen molar-refractivity contribution in [1.29, 1.82) is 0 Å². The maximum Gasteiger partial charge on any atom is 0.0783 e. The summed E-state index contributed by atoms with van der Waals surface area (Å²) in [5.74, 6) is 3.15. The molecule has 0 aromatic carbocycles. The third-order valence-electron chi connectivity index (χ3n) is 4.84. The molecule has 2 aliphatic heterocycles. The Bertz CT molecular complexity index is 278. The molecule has 4 heteroatoms. The van der Waals surface area contributed by atoms with Gasteiger partial charge in [0.25, 0.3) is 0 Å². The van der Waals surface area contributed by atoms with Gasteiger partial charge in [-0.25, -0.2) is 0 Å². The highest BCUT2D eigenvalue weighted by molar-refractivity contribution is 7.99. The zero-order valence-corrected chi connectivity index (χ0v) is 14.1. The molecule has 0 radical (unpaired) electrons. The third-order valence-corrected chi connectivity index (χ3v) is 6.06. The van der Waals surface area contributed by atoms with Crippen LogP contribution in [0.1, 0.15) is 46.0 Å². The lowest BCUT2D eigenvalue weighted by Crippen LogP contribution is -2.52. The Labute approximate surface area is 128 Å². The number of ether oxygens (including phenoxy) is 2. The molecular weight excluding hydrogens is 270 g/mol. The summed E-state index contributed by atoms with van der Waals surface area (Å²) in [6, 6.07) is 0.483. The highest BCUT2D eigenvalue weighted by Gasteiger charge is 2.43. The second-order valence-electron chi connectivity index (χ2n) is 6.25. The van der Waals surface area contributed by atoms with Crippen molar-refractivity contribution < 1.29 is 9.47 Å². The van der Waals surface area contributed by atoms with Gasteiger partial charge in [0.2, 0.25) is 0 Å². The van der Waals surface area contributed by atoms with E-state index in [0.29, 0.717) is 18.1 Å². The van der Waals surface area contributed by atoms with Gasteiger partial charge in [-0.1, -0.05) is 13.8 Å². The standard InChI is InChI=1S/C16H31NO2S/c1-4-8-17-15(14(5-2)18-3)13-6-9-19-16(11-13)7-10-20-12-16/h13-15,17H,4-12H2,1-3H3. The third kappa shape index (κ3) is 3.90. The summed E-state index contributed by atoms with van der Waals surface area (Å²) in [6.45, 7) is 6.48. The highest BCUT2D eigenvalue weighted by Crippen LogP contribution is 2.42. The zero-order valence-electron chi connectivity index (χ0n) is 13.3. The predicted octanol–water partition coefficient (Wildman–Crippen LogP) is 3.08. The van der Waals surface area contributed by atoms with Gasteiger partial charge < -0.3 is 14.8 Å². The Morgan fingerprint density at radius 2 is 2.30 bits per heavy atom. The molecular formula is C16H31NO2S. The minimum atomic E-state index is 0.172. The first-order valence-corrected chi connectivity index (χ1v) is 9.38. The van der Waals surface area contributed by atoms with Crippen LogP contribution in [0.25, 0.3) is 0 Å². The van der Waals surface area contributed by atoms with E-state index in [-0.39, 0.29) is 5.60 Å². The Balaban J connectivity index is 2.02. The normalized spacial score (nSPS) is 33.5. The molecule has 2 fully saturated rings. The van der Waals surface area contributed by atoms with Crippen molar-refractivity contribution in [3.05, 3.63) is 0 Å². The van der Waals surface area contributed by atoms with Gasteiger partial charge in [-0.05, 0) is 50.3 Å². The number of nitrogens with one attached hydrogen (secondary N) is 1. The summed E-state index contributed by atoms with van der Waals surface area (Å²) in [5, 5.41) is 3.76. The first kappa shape index (κ1) is 16.6. The molecule has 2 heterocycles. The number of hydrogen-bond donors (Lipinski definition) is 1. The van der Waals surface area contributed by atoms with Gasteiger partial charge in [-0.2, -0.15) is 11.8 Å². The molecule has 0 aromatic heterocycles. The van der Waals surface area contributed by atoms with Crippen molar-refractivity contribution in [3.8, 4) is 0 Å². The van der Waals surface area contributed by atoms with Gasteiger partial charge in [-0.3, -0.25) is 0 Å². The zero-order chi connectivity index (χ0) is 14.4. The molecule has 0 aromatic rings. The average molecular weight is 301 g/mol. The van der Waals surface area contributed by atoms with Crippen molar-refractivity contribution in [2.45, 2.75) is 63.7 Å². The van der Waals surface area contributed by atoms with Gasteiger partial charge in [-0.15, -0.1) is 0 Å². The van der Waals surface area contributed by atoms with Crippen LogP contribution in [0, 0.1) is 5.92 Å². The van der Waals surface area contributed by atoms with E-state index >= 15 is 0 Å². The predicted molar refractivity (Wildman–Crippen MR) is 86.5 cm³/mol. The largest absolute Gasteiger partial charge is 0.380 e. The van der Waals surface area contributed by atoms with Crippen molar-refractivity contribution in [1.82, 2.24) is 5.32 Å². The molecule has 1 N–H and O–H groups in total. The van der Waals surface area contributed by atoms with Crippen LogP contribution in [0.15, 0.2) is 0 Å². The molecule has 0 saturated carbocycles. The average Bonchev–Trinajstić information content (AvgIpc) is 2.91. The van der Waals surface area contributed by atoms with Gasteiger partial charge >= 0.3 is 0 Å². The molecule has 4 unspecified atom stereocenters. The van der Waals surface area contributed by atoms with E-state index in [0.717, 1.165) is 19.6 Å². The smallest absolute Gasteiger partial charge is 0.0783 e. The van der Waals surface area contributed by atoms with Crippen LogP contribution in [-0.4, -0.2) is 49.5 Å². The Morgan fingerprint density at radius 1 is 1.45 bits per heavy atom. The van der Waals surface area contributed by atoms with Gasteiger partial charge in [0, 0.05) is 25.5 Å². The lowest BCUT2D eigenvalue weighted by molar-refractivity contribution is -0.0953. The molecule has 118 valence electrons. The number of methoxy groups -OCH3 is 1. The molecule has 2 rings (SSSR count). The number of hydrogen-bond acceptors (Lipinski definition) is 4. The van der Waals surface area contributed by atoms with E-state index in [1.807, 2.05) is 7.11 Å². The molecule has 0 aliphatic carbocycles. The summed E-state index contributed by atoms with van der Waals surface area (Å²) in [7, 11) is 1.86. The Hall–Kier alpha value is 0.230. The molecule has 3 nitrogen and oxygen atoms in total. The maximum atomic E-state index is 6.17. The monoisotopic (exact) mass is 301 g/mol. The fraction of sp³-hybridized carbons (Fsp3) is 1.00. The first-order chi connectivity index (χ1) is 9.74. The fourth-order valence-corrected chi connectivity index (χ4v) is 5.09. The highest BCUT2D eigenvalue weighted by atomic mass is 32.2. The van der Waals surface area contributed by atoms with E-state index in [9.17, 15) is 0 Å². The molecule has 2 aliphatic rings. The number of rotatable bonds is 7. The lowest BCUT2D eigenvalue weighted by Gasteiger charge is -2.43. The lowest BCUT2D eigenvalue weighted by atomic mass is 9.79. The molecule has 1 spiro atoms. The van der Waals surface area contributed by atoms with Crippen LogP contribution in [0.3, 0.4) is 0 Å². The first-order valence-electron chi connectivity index (χ1n) is 8.22. The van der Waals surface area contributed by atoms with Crippen molar-refractivity contribution >= 4 is 11.8 Å². The van der Waals surface area contributed by atoms with Gasteiger partial charge in [0.1, 0.15) is 0 Å². The van der Waals surface area contributed by atoms with E-state index in [4.69, 9.17) is 9.47 Å². The molecule has 0 amide bonds. The van der Waals surface area contributed by atoms with Crippen molar-refractivity contribution in [3.63, 3.8) is 0 Å². The fourth-order valence-electron chi connectivity index (χ4n) is 3.72. The maximum absolute atomic E-state index is 6.17. The van der Waals surface area contributed by atoms with E-state index in [1.165, 1.54) is 37.2 Å². The summed E-state index contributed by atoms with van der Waals surface area (Å²) in [4.78, 5) is 0. The molecule has 20 heavy (non-hydrogen) atoms. The second kappa shape index (κ2) is 8.02. The van der Waals surface area contributed by atoms with Gasteiger partial charge in [0.05, 0.1) is 11.7 Å². The van der Waals surface area contributed by atoms with Crippen LogP contribution >= 0.6 is 11.8 Å². The summed E-state index contributed by atoms with van der Waals surface area (Å²) in [6.07, 6.45) is 6.21. The Morgan fingerprint density at radius 3 is 2.90 bits per heavy atom. The van der Waals surface area contributed by atoms with E-state index in [1.54, 1.807) is 0 Å². The minimum absolute atomic E-state index is 0.172. The van der Waals surface area contributed by atoms with Crippen molar-refractivity contribution in [2.24, 2.45) is 5.92 Å². The Kier molecular flexibility index (Phi) is 6.66. The molecule has 4 atom stereocenters. The van der Waals surface area contributed by atoms with Crippen LogP contribution in [-0.2, 0) is 9.47 Å². The van der Waals surface area contributed by atoms with Crippen LogP contribution in [0.5, 0.6) is 0 Å². The molecule has 2 saturated heterocycles. The topological polar surface area (TPSA) is 30.5 Å². The van der Waals surface area contributed by atoms with E-state index in [2.05, 4.69) is 30.9 Å². The summed E-state index contributed by atoms with van der Waals surface area (Å²) in [5.41, 5.74) is 0.172. The quantitative estimate of drug-likeness (QED) is 0.783. The van der Waals surface area contributed by atoms with E-state index < -0.39 is 0 Å². The number of thioether (sulfide) groups is 1. The second-order valence-corrected chi connectivity index (χ2v) is 7.35. The van der Waals surface area contributed by atoms with Crippen molar-refractivity contribution in [2.75, 3.05) is 31.8 Å². The SMILES string of the molecule is CCCNC(C1CCOC2(CCSC2)C1)C(CC)OC. The van der Waals surface area contributed by atoms with Crippen LogP contribution in [0.4, 0.5) is 0 Å².